The molecule has 0 aliphatic carbocycles. The second-order valence-electron chi connectivity index (χ2n) is 5.83. The van der Waals surface area contributed by atoms with Gasteiger partial charge in [-0.05, 0) is 37.6 Å². The third kappa shape index (κ3) is 9.29. The second-order valence-corrected chi connectivity index (χ2v) is 9.11. The molecule has 8 heteroatoms. The topological polar surface area (TPSA) is 70.6 Å². The summed E-state index contributed by atoms with van der Waals surface area (Å²) in [6.45, 7) is 4.02. The number of hydrogen-bond acceptors (Lipinski definition) is 4. The lowest BCUT2D eigenvalue weighted by Crippen LogP contribution is -2.38. The molecular weight excluding hydrogens is 505 g/mol. The number of thioether (sulfide) groups is 1. The normalized spacial score (nSPS) is 11.5. The Labute approximate surface area is 189 Å². The average Bonchev–Trinajstić information content (AvgIpc) is 2.70. The Bertz CT molecular complexity index is 801. The van der Waals surface area contributed by atoms with Crippen LogP contribution in [0.25, 0.3) is 0 Å². The number of nitrogens with zero attached hydrogens (tertiary/aromatic N) is 1. The van der Waals surface area contributed by atoms with Gasteiger partial charge in [0.1, 0.15) is 0 Å². The van der Waals surface area contributed by atoms with Crippen LogP contribution >= 0.6 is 35.7 Å². The van der Waals surface area contributed by atoms with Crippen molar-refractivity contribution in [2.45, 2.75) is 23.1 Å². The van der Waals surface area contributed by atoms with Crippen molar-refractivity contribution in [2.24, 2.45) is 4.99 Å². The molecule has 2 aromatic carbocycles. The minimum atomic E-state index is -3.24. The zero-order chi connectivity index (χ0) is 19.4. The summed E-state index contributed by atoms with van der Waals surface area (Å²) in [5.41, 5.74) is 0. The van der Waals surface area contributed by atoms with Crippen LogP contribution in [0.5, 0.6) is 0 Å². The molecule has 0 amide bonds. The molecular formula is C20H28IN3O2S2. The number of rotatable bonds is 10. The zero-order valence-electron chi connectivity index (χ0n) is 16.0. The average molecular weight is 534 g/mol. The van der Waals surface area contributed by atoms with Crippen LogP contribution in [-0.2, 0) is 9.84 Å². The van der Waals surface area contributed by atoms with Gasteiger partial charge in [0.2, 0.25) is 0 Å². The summed E-state index contributed by atoms with van der Waals surface area (Å²) in [4.78, 5) is 6.09. The van der Waals surface area contributed by atoms with Crippen LogP contribution in [0, 0.1) is 0 Å². The van der Waals surface area contributed by atoms with Crippen molar-refractivity contribution in [2.75, 3.05) is 31.1 Å². The van der Waals surface area contributed by atoms with Gasteiger partial charge in [0, 0.05) is 30.3 Å². The molecule has 28 heavy (non-hydrogen) atoms. The van der Waals surface area contributed by atoms with Crippen molar-refractivity contribution >= 4 is 51.5 Å². The molecule has 0 aromatic heterocycles. The maximum absolute atomic E-state index is 12.3. The Morgan fingerprint density at radius 2 is 1.64 bits per heavy atom. The maximum Gasteiger partial charge on any atom is 0.191 e. The van der Waals surface area contributed by atoms with E-state index in [1.54, 1.807) is 36.0 Å². The first-order valence-corrected chi connectivity index (χ1v) is 11.7. The molecule has 0 fully saturated rings. The fourth-order valence-corrected chi connectivity index (χ4v) is 4.49. The number of nitrogens with one attached hydrogen (secondary N) is 2. The Balaban J connectivity index is 0.00000392. The molecule has 0 bridgehead atoms. The second kappa shape index (κ2) is 13.8. The van der Waals surface area contributed by atoms with E-state index in [1.165, 1.54) is 4.90 Å². The smallest absolute Gasteiger partial charge is 0.191 e. The first-order chi connectivity index (χ1) is 13.1. The quantitative estimate of drug-likeness (QED) is 0.160. The lowest BCUT2D eigenvalue weighted by Gasteiger charge is -2.11. The lowest BCUT2D eigenvalue weighted by atomic mass is 10.4. The fourth-order valence-electron chi connectivity index (χ4n) is 2.39. The van der Waals surface area contributed by atoms with E-state index in [2.05, 4.69) is 27.8 Å². The van der Waals surface area contributed by atoms with Gasteiger partial charge < -0.3 is 10.6 Å². The van der Waals surface area contributed by atoms with Gasteiger partial charge in [0.15, 0.2) is 15.8 Å². The van der Waals surface area contributed by atoms with Gasteiger partial charge in [-0.3, -0.25) is 4.99 Å². The van der Waals surface area contributed by atoms with Gasteiger partial charge in [0.25, 0.3) is 0 Å². The highest BCUT2D eigenvalue weighted by Gasteiger charge is 2.12. The van der Waals surface area contributed by atoms with Crippen molar-refractivity contribution in [3.8, 4) is 0 Å². The first kappa shape index (κ1) is 24.8. The largest absolute Gasteiger partial charge is 0.357 e. The molecule has 0 aliphatic heterocycles. The third-order valence-electron chi connectivity index (χ3n) is 3.69. The van der Waals surface area contributed by atoms with Crippen molar-refractivity contribution in [1.82, 2.24) is 10.6 Å². The van der Waals surface area contributed by atoms with Crippen LogP contribution in [0.2, 0.25) is 0 Å². The van der Waals surface area contributed by atoms with E-state index in [1.807, 2.05) is 31.2 Å². The molecule has 0 heterocycles. The Morgan fingerprint density at radius 3 is 2.29 bits per heavy atom. The molecule has 0 atom stereocenters. The van der Waals surface area contributed by atoms with Crippen LogP contribution in [0.15, 0.2) is 75.4 Å². The monoisotopic (exact) mass is 533 g/mol. The zero-order valence-corrected chi connectivity index (χ0v) is 20.0. The third-order valence-corrected chi connectivity index (χ3v) is 6.52. The van der Waals surface area contributed by atoms with Gasteiger partial charge in [-0.1, -0.05) is 36.4 Å². The van der Waals surface area contributed by atoms with E-state index in [4.69, 9.17) is 0 Å². The van der Waals surface area contributed by atoms with Crippen molar-refractivity contribution in [1.29, 1.82) is 0 Å². The summed E-state index contributed by atoms with van der Waals surface area (Å²) in [5, 5.41) is 6.48. The molecule has 0 radical (unpaired) electrons. The van der Waals surface area contributed by atoms with Crippen LogP contribution < -0.4 is 10.6 Å². The van der Waals surface area contributed by atoms with E-state index in [0.29, 0.717) is 17.9 Å². The van der Waals surface area contributed by atoms with E-state index < -0.39 is 9.84 Å². The van der Waals surface area contributed by atoms with Crippen LogP contribution in [0.3, 0.4) is 0 Å². The number of hydrogen-bond donors (Lipinski definition) is 2. The van der Waals surface area contributed by atoms with Gasteiger partial charge in [-0.25, -0.2) is 8.42 Å². The van der Waals surface area contributed by atoms with E-state index in [-0.39, 0.29) is 29.7 Å². The van der Waals surface area contributed by atoms with Gasteiger partial charge in [-0.2, -0.15) is 0 Å². The highest BCUT2D eigenvalue weighted by atomic mass is 127. The minimum Gasteiger partial charge on any atom is -0.357 e. The number of sulfone groups is 1. The molecule has 0 spiro atoms. The predicted molar refractivity (Wildman–Crippen MR) is 130 cm³/mol. The fraction of sp³-hybridized carbons (Fsp3) is 0.350. The Kier molecular flexibility index (Phi) is 12.2. The summed E-state index contributed by atoms with van der Waals surface area (Å²) in [6.07, 6.45) is 0.493. The number of guanidine groups is 1. The lowest BCUT2D eigenvalue weighted by molar-refractivity contribution is 0.593. The van der Waals surface area contributed by atoms with Crippen LogP contribution in [-0.4, -0.2) is 45.5 Å². The summed E-state index contributed by atoms with van der Waals surface area (Å²) >= 11 is 1.79. The van der Waals surface area contributed by atoms with E-state index >= 15 is 0 Å². The number of aliphatic imine (C=N–C) groups is 1. The van der Waals surface area contributed by atoms with Crippen molar-refractivity contribution in [3.05, 3.63) is 60.7 Å². The summed E-state index contributed by atoms with van der Waals surface area (Å²) in [6, 6.07) is 18.8. The molecule has 0 saturated carbocycles. The van der Waals surface area contributed by atoms with Crippen LogP contribution in [0.1, 0.15) is 13.3 Å². The molecule has 2 rings (SSSR count). The molecule has 0 unspecified atom stereocenters. The van der Waals surface area contributed by atoms with E-state index in [0.717, 1.165) is 24.8 Å². The summed E-state index contributed by atoms with van der Waals surface area (Å²) < 4.78 is 24.5. The SMILES string of the molecule is CCNC(=NCCCS(=O)(=O)c1ccccc1)NCCSc1ccccc1.I. The molecule has 0 aliphatic rings. The van der Waals surface area contributed by atoms with Crippen molar-refractivity contribution in [3.63, 3.8) is 0 Å². The Morgan fingerprint density at radius 1 is 1.00 bits per heavy atom. The molecule has 5 nitrogen and oxygen atoms in total. The standard InChI is InChI=1S/C20H27N3O2S2.HI/c1-2-21-20(23-15-16-26-18-10-5-3-6-11-18)22-14-9-17-27(24,25)19-12-7-4-8-13-19;/h3-8,10-13H,2,9,14-17H2,1H3,(H2,21,22,23);1H. The number of halogens is 1. The van der Waals surface area contributed by atoms with E-state index in [9.17, 15) is 8.42 Å². The highest BCUT2D eigenvalue weighted by Crippen LogP contribution is 2.15. The Hall–Kier alpha value is -1.26. The summed E-state index contributed by atoms with van der Waals surface area (Å²) in [7, 11) is -3.24. The van der Waals surface area contributed by atoms with Crippen LogP contribution in [0.4, 0.5) is 0 Å². The molecule has 2 N–H and O–H groups in total. The minimum absolute atomic E-state index is 0. The van der Waals surface area contributed by atoms with Crippen molar-refractivity contribution < 1.29 is 8.42 Å². The summed E-state index contributed by atoms with van der Waals surface area (Å²) in [5.74, 6) is 1.75. The highest BCUT2D eigenvalue weighted by molar-refractivity contribution is 14.0. The first-order valence-electron chi connectivity index (χ1n) is 9.09. The van der Waals surface area contributed by atoms with Gasteiger partial charge in [-0.15, -0.1) is 35.7 Å². The van der Waals surface area contributed by atoms with Gasteiger partial charge >= 0.3 is 0 Å². The maximum atomic E-state index is 12.3. The molecule has 2 aromatic rings. The molecule has 154 valence electrons. The van der Waals surface area contributed by atoms with Gasteiger partial charge in [0.05, 0.1) is 10.6 Å². The number of benzene rings is 2. The predicted octanol–water partition coefficient (Wildman–Crippen LogP) is 3.82. The molecule has 0 saturated heterocycles.